The molecule has 0 unspecified atom stereocenters. The Morgan fingerprint density at radius 3 is 2.63 bits per heavy atom. The van der Waals surface area contributed by atoms with Crippen molar-refractivity contribution in [2.45, 2.75) is 103 Å². The number of nitrogens with zero attached hydrogens (tertiary/aromatic N) is 2. The molecule has 51 heavy (non-hydrogen) atoms. The van der Waals surface area contributed by atoms with Crippen molar-refractivity contribution in [3.63, 3.8) is 0 Å². The molecule has 1 aromatic rings. The maximum Gasteiger partial charge on any atom is 0.409 e. The van der Waals surface area contributed by atoms with Crippen LogP contribution in [0.15, 0.2) is 35.9 Å². The highest BCUT2D eigenvalue weighted by Crippen LogP contribution is 2.49. The van der Waals surface area contributed by atoms with E-state index in [1.165, 1.54) is 45.4 Å². The van der Waals surface area contributed by atoms with Gasteiger partial charge in [0, 0.05) is 41.3 Å². The summed E-state index contributed by atoms with van der Waals surface area (Å²) in [4.78, 5) is 55.6. The number of hydrogen-bond acceptors (Lipinski definition) is 11. The number of benzene rings is 1. The summed E-state index contributed by atoms with van der Waals surface area (Å²) in [5.41, 5.74) is -0.903. The van der Waals surface area contributed by atoms with E-state index in [1.54, 1.807) is 45.2 Å². The molecule has 4 rings (SSSR count). The van der Waals surface area contributed by atoms with E-state index < -0.39 is 65.7 Å². The number of ether oxygens (including phenoxy) is 5. The van der Waals surface area contributed by atoms with E-state index in [0.29, 0.717) is 23.6 Å². The number of epoxide rings is 1. The summed E-state index contributed by atoms with van der Waals surface area (Å²) in [5, 5.41) is 14.4. The second-order valence-electron chi connectivity index (χ2n) is 13.4. The molecule has 3 aliphatic rings. The fourth-order valence-corrected chi connectivity index (χ4v) is 6.99. The van der Waals surface area contributed by atoms with Gasteiger partial charge in [-0.3, -0.25) is 14.9 Å². The quantitative estimate of drug-likeness (QED) is 0.206. The monoisotopic (exact) mass is 754 g/mol. The molecule has 284 valence electrons. The Morgan fingerprint density at radius 2 is 2.00 bits per heavy atom. The average molecular weight is 755 g/mol. The van der Waals surface area contributed by atoms with Crippen molar-refractivity contribution in [1.29, 1.82) is 0 Å². The molecule has 3 amide bonds. The van der Waals surface area contributed by atoms with Crippen LogP contribution in [-0.4, -0.2) is 110 Å². The normalized spacial score (nSPS) is 31.8. The number of likely N-dealkylation sites (N-methyl/N-ethyl adjacent to an activating group) is 1. The number of halogens is 1. The van der Waals surface area contributed by atoms with Crippen LogP contribution < -0.4 is 15.0 Å². The van der Waals surface area contributed by atoms with Crippen LogP contribution in [0.25, 0.3) is 0 Å². The van der Waals surface area contributed by atoms with Gasteiger partial charge >= 0.3 is 12.1 Å². The zero-order chi connectivity index (χ0) is 39.1. The van der Waals surface area contributed by atoms with Crippen molar-refractivity contribution in [1.82, 2.24) is 10.2 Å². The van der Waals surface area contributed by atoms with Crippen LogP contribution in [0.1, 0.15) is 61.3 Å². The molecule has 13 nitrogen and oxygen atoms in total. The number of carbonyl (C=O) groups excluding carboxylic acids is 4. The van der Waals surface area contributed by atoms with E-state index in [2.05, 4.69) is 17.9 Å². The van der Waals surface area contributed by atoms with Crippen molar-refractivity contribution < 1.29 is 49.3 Å². The number of anilines is 1. The molecule has 8 atom stereocenters. The Bertz CT molecular complexity index is 1550. The van der Waals surface area contributed by atoms with Crippen LogP contribution in [0.2, 0.25) is 5.02 Å². The van der Waals surface area contributed by atoms with E-state index in [1.807, 2.05) is 13.0 Å². The van der Waals surface area contributed by atoms with E-state index in [0.717, 1.165) is 11.1 Å². The molecule has 4 bridgehead atoms. The average Bonchev–Trinajstić information content (AvgIpc) is 3.81. The first-order valence-corrected chi connectivity index (χ1v) is 17.5. The van der Waals surface area contributed by atoms with Gasteiger partial charge in [-0.25, -0.2) is 9.59 Å². The third-order valence-corrected chi connectivity index (χ3v) is 10.5. The number of fused-ring (bicyclic) bond motifs is 5. The number of aliphatic hydroxyl groups is 1. The fourth-order valence-electron chi connectivity index (χ4n) is 6.49. The van der Waals surface area contributed by atoms with E-state index in [4.69, 9.17) is 36.7 Å². The van der Waals surface area contributed by atoms with Crippen LogP contribution >= 0.6 is 24.2 Å². The number of rotatable bonds is 7. The van der Waals surface area contributed by atoms with Crippen molar-refractivity contribution >= 4 is 53.8 Å². The SMILES string of the molecule is COc1cc2cc(c1Cl)N(C)C(=O)C[C@H](OC(=O)[C@H](C)N(C)C(=O)CCS)[C@@]1(C)O[C@H]1[C@H](C)[C@@H]1C[C@@](O)(NC(=O)O1)[C@H](OC)/C=C/C=C(\C)C2.[2H]C. The van der Waals surface area contributed by atoms with E-state index in [9.17, 15) is 24.3 Å². The summed E-state index contributed by atoms with van der Waals surface area (Å²) in [6.07, 6.45) is 1.08. The summed E-state index contributed by atoms with van der Waals surface area (Å²) < 4.78 is 34.8. The predicted octanol–water partition coefficient (Wildman–Crippen LogP) is 4.47. The summed E-state index contributed by atoms with van der Waals surface area (Å²) >= 11 is 10.8. The minimum absolute atomic E-state index is 0.0489. The number of methoxy groups -OCH3 is 2. The molecule has 0 saturated carbocycles. The lowest BCUT2D eigenvalue weighted by molar-refractivity contribution is -0.161. The molecular formula is C36H52ClN3O10S. The molecule has 0 radical (unpaired) electrons. The Balaban J connectivity index is 0.00000358. The summed E-state index contributed by atoms with van der Waals surface area (Å²) in [6.45, 7) is 6.96. The molecule has 3 heterocycles. The fraction of sp³-hybridized carbons (Fsp3) is 0.611. The summed E-state index contributed by atoms with van der Waals surface area (Å²) in [7, 11) is 7.23. The van der Waals surface area contributed by atoms with Crippen LogP contribution in [-0.2, 0) is 39.8 Å². The van der Waals surface area contributed by atoms with Gasteiger partial charge in [0.1, 0.15) is 40.7 Å². The number of alkyl carbamates (subject to hydrolysis) is 1. The first kappa shape index (κ1) is 40.5. The number of hydrogen-bond donors (Lipinski definition) is 3. The van der Waals surface area contributed by atoms with Gasteiger partial charge in [0.05, 0.1) is 25.3 Å². The van der Waals surface area contributed by atoms with Gasteiger partial charge in [0.15, 0.2) is 5.72 Å². The van der Waals surface area contributed by atoms with Gasteiger partial charge in [0.2, 0.25) is 11.8 Å². The van der Waals surface area contributed by atoms with Gasteiger partial charge in [-0.2, -0.15) is 12.6 Å². The molecule has 2 saturated heterocycles. The van der Waals surface area contributed by atoms with Gasteiger partial charge in [-0.15, -0.1) is 0 Å². The number of nitrogens with one attached hydrogen (secondary N) is 1. The predicted molar refractivity (Wildman–Crippen MR) is 196 cm³/mol. The topological polar surface area (TPSA) is 156 Å². The minimum Gasteiger partial charge on any atom is -0.495 e. The second-order valence-corrected chi connectivity index (χ2v) is 14.2. The molecule has 0 spiro atoms. The zero-order valence-corrected chi connectivity index (χ0v) is 32.4. The van der Waals surface area contributed by atoms with Crippen LogP contribution in [0.4, 0.5) is 10.5 Å². The van der Waals surface area contributed by atoms with Crippen LogP contribution in [0, 0.1) is 5.92 Å². The minimum atomic E-state index is -1.82. The lowest BCUT2D eigenvalue weighted by atomic mass is 9.83. The van der Waals surface area contributed by atoms with Gasteiger partial charge in [-0.05, 0) is 50.6 Å². The Hall–Kier alpha value is -3.30. The number of carbonyl (C=O) groups is 4. The molecule has 0 aromatic heterocycles. The number of esters is 1. The molecular weight excluding hydrogens is 702 g/mol. The molecule has 2 N–H and O–H groups in total. The maximum atomic E-state index is 14.0. The zero-order valence-electron chi connectivity index (χ0n) is 31.7. The molecule has 1 aromatic carbocycles. The number of allylic oxidation sites excluding steroid dienone is 3. The van der Waals surface area contributed by atoms with E-state index in [-0.39, 0.29) is 30.2 Å². The Kier molecular flexibility index (Phi) is 13.5. The first-order valence-electron chi connectivity index (χ1n) is 17.4. The van der Waals surface area contributed by atoms with Crippen molar-refractivity contribution in [3.8, 4) is 5.75 Å². The van der Waals surface area contributed by atoms with Crippen molar-refractivity contribution in [3.05, 3.63) is 46.5 Å². The second kappa shape index (κ2) is 17.0. The van der Waals surface area contributed by atoms with E-state index >= 15 is 0 Å². The van der Waals surface area contributed by atoms with Crippen LogP contribution in [0.3, 0.4) is 0 Å². The highest BCUT2D eigenvalue weighted by Gasteiger charge is 2.64. The lowest BCUT2D eigenvalue weighted by Crippen LogP contribution is -2.63. The first-order chi connectivity index (χ1) is 24.5. The summed E-state index contributed by atoms with van der Waals surface area (Å²) in [6, 6.07) is 2.60. The van der Waals surface area contributed by atoms with Gasteiger partial charge in [0.25, 0.3) is 0 Å². The molecule has 3 aliphatic heterocycles. The largest absolute Gasteiger partial charge is 0.495 e. The molecule has 15 heteroatoms. The highest BCUT2D eigenvalue weighted by atomic mass is 35.5. The number of thiol groups is 1. The third kappa shape index (κ3) is 9.20. The maximum absolute atomic E-state index is 14.0. The molecule has 2 fully saturated rings. The summed E-state index contributed by atoms with van der Waals surface area (Å²) in [5.74, 6) is -1.30. The lowest BCUT2D eigenvalue weighted by Gasteiger charge is -2.42. The third-order valence-electron chi connectivity index (χ3n) is 9.85. The van der Waals surface area contributed by atoms with Gasteiger partial charge in [-0.1, -0.05) is 49.7 Å². The van der Waals surface area contributed by atoms with Crippen molar-refractivity contribution in [2.75, 3.05) is 39.0 Å². The Morgan fingerprint density at radius 1 is 1.31 bits per heavy atom. The Labute approximate surface area is 312 Å². The molecule has 0 aliphatic carbocycles. The van der Waals surface area contributed by atoms with Crippen molar-refractivity contribution in [2.24, 2.45) is 5.92 Å². The standard InChI is InChI=1S/C35H48ClN3O10S.CH4/c1-19-10-9-11-26(46-8)35(44)18-25(47-33(43)37-35)20(2)31-34(4,49-31)27(48-32(42)21(3)38(5)28(40)12-13-50)17-29(41)39(6)23-15-22(14-19)16-24(45-7)30(23)36;/h9-11,15-16,20-21,25-27,31,44,50H,12-14,17-18H2,1-8H3,(H,37,43);1H4/b11-9+,19-10+;/t20-,21+,25+,26-,27+,31+,34-,35+;/m1./s1/i;1D. The smallest absolute Gasteiger partial charge is 0.409 e. The highest BCUT2D eigenvalue weighted by molar-refractivity contribution is 7.80. The van der Waals surface area contributed by atoms with Crippen LogP contribution in [0.5, 0.6) is 5.75 Å². The number of amides is 3. The van der Waals surface area contributed by atoms with Gasteiger partial charge < -0.3 is 38.6 Å².